The lowest BCUT2D eigenvalue weighted by molar-refractivity contribution is -0.122. The number of hydrogen-bond donors (Lipinski definition) is 2. The standard InChI is InChI=1S/C18H22N2O/c1-13-8-10-15(11-9-13)14(2)20-18(21)12-17(19)16-6-4-3-5-7-16/h3-11,14,17H,12,19H2,1-2H3,(H,20,21)/t14-,17+/m1/s1. The third-order valence-electron chi connectivity index (χ3n) is 3.59. The van der Waals surface area contributed by atoms with Gasteiger partial charge in [0.05, 0.1) is 6.04 Å². The molecule has 3 heteroatoms. The second-order valence-corrected chi connectivity index (χ2v) is 5.42. The maximum Gasteiger partial charge on any atom is 0.222 e. The third-order valence-corrected chi connectivity index (χ3v) is 3.59. The molecule has 0 aliphatic carbocycles. The number of rotatable bonds is 5. The van der Waals surface area contributed by atoms with Crippen LogP contribution in [0.25, 0.3) is 0 Å². The van der Waals surface area contributed by atoms with Gasteiger partial charge < -0.3 is 11.1 Å². The van der Waals surface area contributed by atoms with Crippen molar-refractivity contribution in [2.75, 3.05) is 0 Å². The summed E-state index contributed by atoms with van der Waals surface area (Å²) in [4.78, 5) is 12.1. The van der Waals surface area contributed by atoms with Crippen molar-refractivity contribution in [3.8, 4) is 0 Å². The van der Waals surface area contributed by atoms with Gasteiger partial charge in [-0.1, -0.05) is 60.2 Å². The smallest absolute Gasteiger partial charge is 0.222 e. The first-order valence-electron chi connectivity index (χ1n) is 7.22. The molecule has 110 valence electrons. The van der Waals surface area contributed by atoms with E-state index in [-0.39, 0.29) is 18.0 Å². The van der Waals surface area contributed by atoms with Gasteiger partial charge in [-0.3, -0.25) is 4.79 Å². The highest BCUT2D eigenvalue weighted by Gasteiger charge is 2.14. The van der Waals surface area contributed by atoms with Crippen molar-refractivity contribution in [1.29, 1.82) is 0 Å². The number of amides is 1. The van der Waals surface area contributed by atoms with Crippen LogP contribution in [-0.2, 0) is 4.79 Å². The van der Waals surface area contributed by atoms with Crippen LogP contribution in [0.3, 0.4) is 0 Å². The fourth-order valence-electron chi connectivity index (χ4n) is 2.26. The first-order valence-corrected chi connectivity index (χ1v) is 7.22. The van der Waals surface area contributed by atoms with Crippen molar-refractivity contribution >= 4 is 5.91 Å². The number of carbonyl (C=O) groups excluding carboxylic acids is 1. The van der Waals surface area contributed by atoms with E-state index in [1.807, 2.05) is 68.4 Å². The molecular formula is C18H22N2O. The van der Waals surface area contributed by atoms with Crippen LogP contribution in [0.15, 0.2) is 54.6 Å². The lowest BCUT2D eigenvalue weighted by Crippen LogP contribution is -2.29. The molecule has 1 amide bonds. The molecule has 0 radical (unpaired) electrons. The Balaban J connectivity index is 1.91. The zero-order valence-electron chi connectivity index (χ0n) is 12.5. The Hall–Kier alpha value is -2.13. The highest BCUT2D eigenvalue weighted by molar-refractivity contribution is 5.77. The number of carbonyl (C=O) groups is 1. The van der Waals surface area contributed by atoms with Gasteiger partial charge in [-0.25, -0.2) is 0 Å². The molecule has 2 rings (SSSR count). The highest BCUT2D eigenvalue weighted by atomic mass is 16.1. The molecule has 0 spiro atoms. The molecule has 0 bridgehead atoms. The van der Waals surface area contributed by atoms with Crippen LogP contribution in [0.5, 0.6) is 0 Å². The monoisotopic (exact) mass is 282 g/mol. The maximum atomic E-state index is 12.1. The molecule has 0 aliphatic heterocycles. The number of aryl methyl sites for hydroxylation is 1. The Kier molecular flexibility index (Phi) is 5.12. The van der Waals surface area contributed by atoms with E-state index in [0.717, 1.165) is 11.1 Å². The number of nitrogens with two attached hydrogens (primary N) is 1. The van der Waals surface area contributed by atoms with E-state index in [9.17, 15) is 4.79 Å². The highest BCUT2D eigenvalue weighted by Crippen LogP contribution is 2.16. The Morgan fingerprint density at radius 1 is 1.05 bits per heavy atom. The Morgan fingerprint density at radius 3 is 2.29 bits per heavy atom. The number of benzene rings is 2. The average molecular weight is 282 g/mol. The maximum absolute atomic E-state index is 12.1. The minimum absolute atomic E-state index is 0.0129. The fourth-order valence-corrected chi connectivity index (χ4v) is 2.26. The van der Waals surface area contributed by atoms with Crippen molar-refractivity contribution in [1.82, 2.24) is 5.32 Å². The van der Waals surface area contributed by atoms with Crippen LogP contribution in [0.1, 0.15) is 42.1 Å². The molecule has 0 aliphatic rings. The molecule has 2 aromatic rings. The first kappa shape index (κ1) is 15.3. The van der Waals surface area contributed by atoms with Crippen molar-refractivity contribution in [2.45, 2.75) is 32.4 Å². The van der Waals surface area contributed by atoms with Crippen molar-refractivity contribution in [3.63, 3.8) is 0 Å². The van der Waals surface area contributed by atoms with Crippen LogP contribution in [-0.4, -0.2) is 5.91 Å². The summed E-state index contributed by atoms with van der Waals surface area (Å²) >= 11 is 0. The van der Waals surface area contributed by atoms with E-state index >= 15 is 0 Å². The molecule has 21 heavy (non-hydrogen) atoms. The van der Waals surface area contributed by atoms with E-state index < -0.39 is 0 Å². The van der Waals surface area contributed by atoms with Gasteiger partial charge in [-0.15, -0.1) is 0 Å². The summed E-state index contributed by atoms with van der Waals surface area (Å²) in [6.07, 6.45) is 0.292. The second-order valence-electron chi connectivity index (χ2n) is 5.42. The molecule has 0 unspecified atom stereocenters. The minimum Gasteiger partial charge on any atom is -0.350 e. The van der Waals surface area contributed by atoms with Crippen LogP contribution in [0.4, 0.5) is 0 Å². The Bertz CT molecular complexity index is 578. The van der Waals surface area contributed by atoms with Crippen LogP contribution in [0.2, 0.25) is 0 Å². The molecule has 0 saturated carbocycles. The van der Waals surface area contributed by atoms with Crippen LogP contribution < -0.4 is 11.1 Å². The van der Waals surface area contributed by atoms with Crippen molar-refractivity contribution < 1.29 is 4.79 Å². The van der Waals surface area contributed by atoms with E-state index in [4.69, 9.17) is 5.73 Å². The summed E-state index contributed by atoms with van der Waals surface area (Å²) in [5, 5.41) is 3.00. The fraction of sp³-hybridized carbons (Fsp3) is 0.278. The summed E-state index contributed by atoms with van der Waals surface area (Å²) in [6, 6.07) is 17.6. The zero-order valence-corrected chi connectivity index (χ0v) is 12.5. The van der Waals surface area contributed by atoms with Gasteiger partial charge >= 0.3 is 0 Å². The van der Waals surface area contributed by atoms with Crippen molar-refractivity contribution in [2.24, 2.45) is 5.73 Å². The molecular weight excluding hydrogens is 260 g/mol. The zero-order chi connectivity index (χ0) is 15.2. The molecule has 2 aromatic carbocycles. The molecule has 3 nitrogen and oxygen atoms in total. The van der Waals surface area contributed by atoms with Gasteiger partial charge in [-0.2, -0.15) is 0 Å². The number of nitrogens with one attached hydrogen (secondary N) is 1. The molecule has 2 atom stereocenters. The van der Waals surface area contributed by atoms with Gasteiger partial charge in [-0.05, 0) is 25.0 Å². The average Bonchev–Trinajstić information content (AvgIpc) is 2.48. The predicted molar refractivity (Wildman–Crippen MR) is 85.7 cm³/mol. The lowest BCUT2D eigenvalue weighted by Gasteiger charge is -2.17. The van der Waals surface area contributed by atoms with E-state index in [1.54, 1.807) is 0 Å². The number of hydrogen-bond acceptors (Lipinski definition) is 2. The predicted octanol–water partition coefficient (Wildman–Crippen LogP) is 3.26. The molecule has 0 aromatic heterocycles. The molecule has 0 heterocycles. The quantitative estimate of drug-likeness (QED) is 0.884. The van der Waals surface area contributed by atoms with Crippen LogP contribution in [0, 0.1) is 6.92 Å². The van der Waals surface area contributed by atoms with Crippen molar-refractivity contribution in [3.05, 3.63) is 71.3 Å². The third kappa shape index (κ3) is 4.43. The summed E-state index contributed by atoms with van der Waals surface area (Å²) < 4.78 is 0. The SMILES string of the molecule is Cc1ccc([C@@H](C)NC(=O)C[C@H](N)c2ccccc2)cc1. The molecule has 0 fully saturated rings. The molecule has 3 N–H and O–H groups in total. The van der Waals surface area contributed by atoms with Gasteiger partial charge in [0, 0.05) is 12.5 Å². The van der Waals surface area contributed by atoms with Crippen LogP contribution >= 0.6 is 0 Å². The van der Waals surface area contributed by atoms with E-state index in [2.05, 4.69) is 5.32 Å². The van der Waals surface area contributed by atoms with Gasteiger partial charge in [0.25, 0.3) is 0 Å². The van der Waals surface area contributed by atoms with E-state index in [0.29, 0.717) is 6.42 Å². The lowest BCUT2D eigenvalue weighted by atomic mass is 10.0. The van der Waals surface area contributed by atoms with Gasteiger partial charge in [0.1, 0.15) is 0 Å². The van der Waals surface area contributed by atoms with Gasteiger partial charge in [0.2, 0.25) is 5.91 Å². The summed E-state index contributed by atoms with van der Waals surface area (Å²) in [7, 11) is 0. The van der Waals surface area contributed by atoms with Gasteiger partial charge in [0.15, 0.2) is 0 Å². The normalized spacial score (nSPS) is 13.5. The first-order chi connectivity index (χ1) is 10.1. The second kappa shape index (κ2) is 7.04. The molecule has 0 saturated heterocycles. The summed E-state index contributed by atoms with van der Waals surface area (Å²) in [5.41, 5.74) is 9.36. The minimum atomic E-state index is -0.267. The summed E-state index contributed by atoms with van der Waals surface area (Å²) in [6.45, 7) is 4.03. The summed E-state index contributed by atoms with van der Waals surface area (Å²) in [5.74, 6) is -0.0283. The largest absolute Gasteiger partial charge is 0.350 e. The Labute approximate surface area is 126 Å². The topological polar surface area (TPSA) is 55.1 Å². The van der Waals surface area contributed by atoms with E-state index in [1.165, 1.54) is 5.56 Å². The Morgan fingerprint density at radius 2 is 1.67 bits per heavy atom.